The van der Waals surface area contributed by atoms with Crippen LogP contribution in [0.2, 0.25) is 0 Å². The second-order valence-electron chi connectivity index (χ2n) is 25.0. The summed E-state index contributed by atoms with van der Waals surface area (Å²) >= 11 is 0. The number of hydrogen-bond donors (Lipinski definition) is 0. The molecule has 0 bridgehead atoms. The quantitative estimate of drug-likeness (QED) is 0.0344. The summed E-state index contributed by atoms with van der Waals surface area (Å²) in [6, 6.07) is 0. The molecule has 0 aliphatic carbocycles. The molecule has 0 spiro atoms. The van der Waals surface area contributed by atoms with Gasteiger partial charge in [0.25, 0.3) is 0 Å². The Morgan fingerprint density at radius 3 is 0.892 bits per heavy atom. The highest BCUT2D eigenvalue weighted by Gasteiger charge is 2.27. The third-order valence-corrected chi connectivity index (χ3v) is 16.1. The molecule has 83 heavy (non-hydrogen) atoms. The maximum atomic E-state index is 13.2. The maximum Gasteiger partial charge on any atom is 0.409 e. The van der Waals surface area contributed by atoms with Crippen molar-refractivity contribution in [3.05, 3.63) is 72.9 Å². The Morgan fingerprint density at radius 1 is 0.301 bits per heavy atom. The van der Waals surface area contributed by atoms with Gasteiger partial charge in [0.1, 0.15) is 12.2 Å². The lowest BCUT2D eigenvalue weighted by Crippen LogP contribution is -2.36. The summed E-state index contributed by atoms with van der Waals surface area (Å²) in [5.74, 6) is 0.873. The molecule has 7 nitrogen and oxygen atoms in total. The van der Waals surface area contributed by atoms with Crippen LogP contribution < -0.4 is 0 Å². The Hall–Kier alpha value is -2.90. The third kappa shape index (κ3) is 60.6. The molecule has 0 saturated carbocycles. The highest BCUT2D eigenvalue weighted by atomic mass is 16.6. The van der Waals surface area contributed by atoms with Gasteiger partial charge in [0.2, 0.25) is 0 Å². The van der Waals surface area contributed by atoms with Gasteiger partial charge in [-0.15, -0.1) is 0 Å². The molecule has 0 aliphatic heterocycles. The smallest absolute Gasteiger partial charge is 0.409 e. The van der Waals surface area contributed by atoms with Gasteiger partial charge in [0.15, 0.2) is 0 Å². The first-order valence-electron chi connectivity index (χ1n) is 35.8. The Balaban J connectivity index is 0. The lowest BCUT2D eigenvalue weighted by molar-refractivity contribution is -0.152. The first-order chi connectivity index (χ1) is 40.5. The molecular weight excluding hydrogens is 1020 g/mol. The van der Waals surface area contributed by atoms with Gasteiger partial charge in [-0.25, -0.2) is 4.79 Å². The van der Waals surface area contributed by atoms with Gasteiger partial charge in [0, 0.05) is 20.0 Å². The lowest BCUT2D eigenvalue weighted by atomic mass is 9.87. The fourth-order valence-corrected chi connectivity index (χ4v) is 10.7. The Morgan fingerprint density at radius 2 is 0.578 bits per heavy atom. The average Bonchev–Trinajstić information content (AvgIpc) is 3.46. The highest BCUT2D eigenvalue weighted by Crippen LogP contribution is 2.29. The molecule has 0 fully saturated rings. The van der Waals surface area contributed by atoms with E-state index in [1.54, 1.807) is 4.90 Å². The van der Waals surface area contributed by atoms with E-state index in [2.05, 4.69) is 152 Å². The van der Waals surface area contributed by atoms with Gasteiger partial charge >= 0.3 is 12.1 Å². The van der Waals surface area contributed by atoms with E-state index in [0.717, 1.165) is 116 Å². The molecule has 2 unspecified atom stereocenters. The summed E-state index contributed by atoms with van der Waals surface area (Å²) in [5, 5.41) is 0. The number of rotatable bonds is 59. The van der Waals surface area contributed by atoms with Crippen LogP contribution in [-0.4, -0.2) is 93.8 Å². The minimum atomic E-state index is -0.143. The molecule has 0 aromatic heterocycles. The minimum absolute atomic E-state index is 0.000595. The summed E-state index contributed by atoms with van der Waals surface area (Å²) in [6.07, 6.45) is 80.1. The summed E-state index contributed by atoms with van der Waals surface area (Å²) < 4.78 is 12.6. The number of carbonyl (C=O) groups excluding carboxylic acids is 2. The van der Waals surface area contributed by atoms with E-state index >= 15 is 0 Å². The van der Waals surface area contributed by atoms with Gasteiger partial charge in [-0.1, -0.05) is 192 Å². The molecule has 0 N–H and O–H groups in total. The first-order valence-corrected chi connectivity index (χ1v) is 35.8. The third-order valence-electron chi connectivity index (χ3n) is 16.1. The van der Waals surface area contributed by atoms with E-state index in [-0.39, 0.29) is 24.3 Å². The molecular formula is C76H143N3O4. The van der Waals surface area contributed by atoms with E-state index in [1.165, 1.54) is 180 Å². The van der Waals surface area contributed by atoms with Crippen molar-refractivity contribution in [1.82, 2.24) is 14.7 Å². The van der Waals surface area contributed by atoms with E-state index in [1.807, 2.05) is 7.05 Å². The summed E-state index contributed by atoms with van der Waals surface area (Å²) in [7, 11) is 10.2. The van der Waals surface area contributed by atoms with Crippen molar-refractivity contribution in [3.8, 4) is 0 Å². The Kier molecular flexibility index (Phi) is 66.0. The van der Waals surface area contributed by atoms with Gasteiger partial charge in [0.05, 0.1) is 0 Å². The van der Waals surface area contributed by atoms with Crippen LogP contribution in [0.3, 0.4) is 0 Å². The van der Waals surface area contributed by atoms with Gasteiger partial charge in [-0.3, -0.25) is 4.79 Å². The van der Waals surface area contributed by atoms with Gasteiger partial charge in [-0.05, 0) is 252 Å². The topological polar surface area (TPSA) is 62.3 Å². The average molecular weight is 1160 g/mol. The molecule has 0 radical (unpaired) electrons. The summed E-state index contributed by atoms with van der Waals surface area (Å²) in [5.41, 5.74) is 0. The van der Waals surface area contributed by atoms with Crippen LogP contribution in [0.5, 0.6) is 0 Å². The number of allylic oxidation sites excluding steroid dienone is 12. The molecule has 7 heteroatoms. The predicted octanol–water partition coefficient (Wildman–Crippen LogP) is 23.3. The number of carbonyl (C=O) groups is 2. The zero-order valence-corrected chi connectivity index (χ0v) is 57.4. The molecule has 0 aliphatic rings. The van der Waals surface area contributed by atoms with E-state index in [4.69, 9.17) is 9.47 Å². The maximum absolute atomic E-state index is 13.2. The van der Waals surface area contributed by atoms with Crippen molar-refractivity contribution in [1.29, 1.82) is 0 Å². The van der Waals surface area contributed by atoms with E-state index < -0.39 is 0 Å². The van der Waals surface area contributed by atoms with Crippen molar-refractivity contribution >= 4 is 12.1 Å². The molecule has 1 amide bonds. The van der Waals surface area contributed by atoms with E-state index in [9.17, 15) is 9.59 Å². The standard InChI is InChI=1S/C39H74N2O2.C37H69NO2/c1-7-10-13-16-19-22-25-28-32-37(33-29-26-23-20-17-14-11-8-2)38(34-30-27-24-21-18-15-12-9-3)43-39(42)41(6)36-31-35-40(4)5;1-6-9-12-15-18-21-23-26-30-35(31-27-24-22-19-16-13-10-7-2)36(32-28-25-20-17-14-11-8-3)40-37(39)33-29-34-38(4)5/h19-24,37-38H,7-18,25-36H2,1-6H3;18-22,25,35-36H,6-17,23-24,26-34H2,1-5H3/b22-19-,23-20-,24-21-;21-18-,22-19-,25-20-. The summed E-state index contributed by atoms with van der Waals surface area (Å²) in [6.45, 7) is 16.2. The van der Waals surface area contributed by atoms with Crippen LogP contribution in [-0.2, 0) is 14.3 Å². The fourth-order valence-electron chi connectivity index (χ4n) is 10.7. The molecule has 0 aromatic carbocycles. The SMILES string of the molecule is CCCCC/C=C\CCCC(CCC/C=C\CCCCC)C(CC/C=C\CCCCC)OC(=O)CCCN(C)C.CCCCC/C=C\CCCC(CCC/C=C\CCCCC)C(CCC/C=C\CCCCC)OC(=O)N(C)CCCN(C)C. The molecule has 0 saturated heterocycles. The second-order valence-corrected chi connectivity index (χ2v) is 25.0. The van der Waals surface area contributed by atoms with Crippen LogP contribution >= 0.6 is 0 Å². The van der Waals surface area contributed by atoms with E-state index in [0.29, 0.717) is 18.3 Å². The monoisotopic (exact) mass is 1160 g/mol. The van der Waals surface area contributed by atoms with Crippen molar-refractivity contribution in [3.63, 3.8) is 0 Å². The highest BCUT2D eigenvalue weighted by molar-refractivity contribution is 5.69. The first kappa shape index (κ1) is 82.2. The van der Waals surface area contributed by atoms with Crippen LogP contribution in [0.15, 0.2) is 72.9 Å². The molecule has 0 aromatic rings. The number of ether oxygens (including phenoxy) is 2. The number of hydrogen-bond acceptors (Lipinski definition) is 6. The predicted molar refractivity (Wildman–Crippen MR) is 369 cm³/mol. The lowest BCUT2D eigenvalue weighted by Gasteiger charge is -2.29. The number of esters is 1. The summed E-state index contributed by atoms with van der Waals surface area (Å²) in [4.78, 5) is 32.2. The Bertz CT molecular complexity index is 1480. The number of unbranched alkanes of at least 4 members (excludes halogenated alkanes) is 23. The molecule has 0 heterocycles. The number of amides is 1. The zero-order chi connectivity index (χ0) is 61.3. The van der Waals surface area contributed by atoms with Crippen LogP contribution in [0.4, 0.5) is 4.79 Å². The largest absolute Gasteiger partial charge is 0.462 e. The van der Waals surface area contributed by atoms with Gasteiger partial charge in [-0.2, -0.15) is 0 Å². The van der Waals surface area contributed by atoms with Crippen LogP contribution in [0, 0.1) is 11.8 Å². The second kappa shape index (κ2) is 66.6. The van der Waals surface area contributed by atoms with Crippen molar-refractivity contribution in [2.45, 2.75) is 336 Å². The van der Waals surface area contributed by atoms with Crippen LogP contribution in [0.1, 0.15) is 324 Å². The van der Waals surface area contributed by atoms with Crippen molar-refractivity contribution in [2.75, 3.05) is 54.9 Å². The molecule has 2 atom stereocenters. The molecule has 0 rings (SSSR count). The van der Waals surface area contributed by atoms with Gasteiger partial charge < -0.3 is 24.2 Å². The zero-order valence-electron chi connectivity index (χ0n) is 57.4. The Labute approximate surface area is 519 Å². The molecule has 486 valence electrons. The fraction of sp³-hybridized carbons (Fsp3) is 0.816. The van der Waals surface area contributed by atoms with Crippen molar-refractivity contribution in [2.24, 2.45) is 11.8 Å². The normalized spacial score (nSPS) is 13.0. The van der Waals surface area contributed by atoms with Crippen molar-refractivity contribution < 1.29 is 19.1 Å². The minimum Gasteiger partial charge on any atom is -0.462 e. The van der Waals surface area contributed by atoms with Crippen LogP contribution in [0.25, 0.3) is 0 Å². The number of nitrogens with zero attached hydrogens (tertiary/aromatic N) is 3.